The number of halogens is 1. The first kappa shape index (κ1) is 21.3. The first-order valence-electron chi connectivity index (χ1n) is 10.2. The van der Waals surface area contributed by atoms with Crippen molar-refractivity contribution >= 4 is 27.7 Å². The van der Waals surface area contributed by atoms with Gasteiger partial charge < -0.3 is 5.32 Å². The van der Waals surface area contributed by atoms with E-state index < -0.39 is 10.0 Å². The Morgan fingerprint density at radius 1 is 1.17 bits per heavy atom. The summed E-state index contributed by atoms with van der Waals surface area (Å²) in [5, 5.41) is 2.96. The summed E-state index contributed by atoms with van der Waals surface area (Å²) in [6.45, 7) is 2.42. The largest absolute Gasteiger partial charge is 0.345 e. The van der Waals surface area contributed by atoms with Crippen LogP contribution < -0.4 is 5.32 Å². The number of fused-ring (bicyclic) bond motifs is 1. The minimum absolute atomic E-state index is 0.0487. The zero-order valence-corrected chi connectivity index (χ0v) is 18.4. The van der Waals surface area contributed by atoms with E-state index in [4.69, 9.17) is 0 Å². The van der Waals surface area contributed by atoms with E-state index in [2.05, 4.69) is 5.32 Å². The van der Waals surface area contributed by atoms with E-state index >= 15 is 0 Å². The monoisotopic (exact) mass is 448 g/mol. The highest BCUT2D eigenvalue weighted by atomic mass is 32.2. The fraction of sp³-hybridized carbons (Fsp3) is 0.409. The SMILES string of the molecule is C[C@H]1CCCCN1S(=O)(=O)c1cccc(C(=O)N[C@@H]2CCSc3ccc(F)cc32)c1. The van der Waals surface area contributed by atoms with Crippen LogP contribution in [0.25, 0.3) is 0 Å². The molecule has 1 saturated heterocycles. The van der Waals surface area contributed by atoms with Crippen LogP contribution in [0.2, 0.25) is 0 Å². The van der Waals surface area contributed by atoms with Crippen LogP contribution in [0.15, 0.2) is 52.3 Å². The maximum atomic E-state index is 13.7. The van der Waals surface area contributed by atoms with Crippen molar-refractivity contribution in [3.05, 3.63) is 59.4 Å². The summed E-state index contributed by atoms with van der Waals surface area (Å²) in [6, 6.07) is 10.5. The quantitative estimate of drug-likeness (QED) is 0.755. The van der Waals surface area contributed by atoms with Crippen molar-refractivity contribution in [1.82, 2.24) is 9.62 Å². The molecular formula is C22H25FN2O3S2. The van der Waals surface area contributed by atoms with Gasteiger partial charge in [0.25, 0.3) is 5.91 Å². The van der Waals surface area contributed by atoms with Crippen molar-refractivity contribution in [3.8, 4) is 0 Å². The third-order valence-electron chi connectivity index (χ3n) is 5.76. The third kappa shape index (κ3) is 4.26. The van der Waals surface area contributed by atoms with Crippen LogP contribution in [-0.2, 0) is 10.0 Å². The van der Waals surface area contributed by atoms with Gasteiger partial charge in [-0.25, -0.2) is 12.8 Å². The molecule has 2 atom stereocenters. The van der Waals surface area contributed by atoms with E-state index in [1.807, 2.05) is 6.92 Å². The molecule has 0 aliphatic carbocycles. The number of thioether (sulfide) groups is 1. The molecule has 0 unspecified atom stereocenters. The Morgan fingerprint density at radius 2 is 2.00 bits per heavy atom. The third-order valence-corrected chi connectivity index (χ3v) is 8.89. The maximum absolute atomic E-state index is 13.7. The standard InChI is InChI=1S/C22H25FN2O3S2/c1-15-5-2-3-11-25(15)30(27,28)18-7-4-6-16(13-18)22(26)24-20-10-12-29-21-9-8-17(23)14-19(20)21/h4,6-9,13-15,20H,2-3,5,10-12H2,1H3,(H,24,26)/t15-,20+/m0/s1. The number of sulfonamides is 1. The Hall–Kier alpha value is -1.90. The van der Waals surface area contributed by atoms with Gasteiger partial charge in [0, 0.05) is 28.8 Å². The smallest absolute Gasteiger partial charge is 0.251 e. The van der Waals surface area contributed by atoms with Crippen LogP contribution >= 0.6 is 11.8 Å². The summed E-state index contributed by atoms with van der Waals surface area (Å²) in [4.78, 5) is 14.0. The second-order valence-electron chi connectivity index (χ2n) is 7.83. The van der Waals surface area contributed by atoms with Crippen LogP contribution in [0.5, 0.6) is 0 Å². The average Bonchev–Trinajstić information content (AvgIpc) is 2.74. The number of hydrogen-bond donors (Lipinski definition) is 1. The van der Waals surface area contributed by atoms with Gasteiger partial charge in [0.2, 0.25) is 10.0 Å². The predicted octanol–water partition coefficient (Wildman–Crippen LogP) is 4.36. The van der Waals surface area contributed by atoms with Crippen molar-refractivity contribution in [1.29, 1.82) is 0 Å². The summed E-state index contributed by atoms with van der Waals surface area (Å²) in [7, 11) is -3.65. The molecule has 0 radical (unpaired) electrons. The number of nitrogens with zero attached hydrogens (tertiary/aromatic N) is 1. The normalized spacial score (nSPS) is 22.3. The van der Waals surface area contributed by atoms with Crippen molar-refractivity contribution in [2.75, 3.05) is 12.3 Å². The van der Waals surface area contributed by atoms with Crippen LogP contribution in [0, 0.1) is 5.82 Å². The van der Waals surface area contributed by atoms with Crippen molar-refractivity contribution in [2.24, 2.45) is 0 Å². The van der Waals surface area contributed by atoms with Gasteiger partial charge >= 0.3 is 0 Å². The molecule has 0 aromatic heterocycles. The Labute approximate surface area is 181 Å². The topological polar surface area (TPSA) is 66.5 Å². The maximum Gasteiger partial charge on any atom is 0.251 e. The zero-order valence-electron chi connectivity index (χ0n) is 16.8. The molecule has 1 N–H and O–H groups in total. The number of carbonyl (C=O) groups is 1. The highest BCUT2D eigenvalue weighted by Gasteiger charge is 2.31. The molecule has 160 valence electrons. The molecule has 0 spiro atoms. The molecule has 2 aromatic carbocycles. The number of benzene rings is 2. The Morgan fingerprint density at radius 3 is 2.80 bits per heavy atom. The summed E-state index contributed by atoms with van der Waals surface area (Å²) in [5.74, 6) is 0.135. The van der Waals surface area contributed by atoms with E-state index in [0.717, 1.165) is 35.5 Å². The molecule has 2 heterocycles. The number of amides is 1. The van der Waals surface area contributed by atoms with Crippen molar-refractivity contribution in [2.45, 2.75) is 54.5 Å². The van der Waals surface area contributed by atoms with Gasteiger partial charge in [0.15, 0.2) is 0 Å². The van der Waals surface area contributed by atoms with E-state index in [-0.39, 0.29) is 34.3 Å². The zero-order chi connectivity index (χ0) is 21.3. The number of nitrogens with one attached hydrogen (secondary N) is 1. The second-order valence-corrected chi connectivity index (χ2v) is 10.9. The second kappa shape index (κ2) is 8.69. The van der Waals surface area contributed by atoms with Gasteiger partial charge in [-0.05, 0) is 68.1 Å². The number of piperidine rings is 1. The summed E-state index contributed by atoms with van der Waals surface area (Å²) < 4.78 is 41.5. The number of rotatable bonds is 4. The predicted molar refractivity (Wildman–Crippen MR) is 116 cm³/mol. The van der Waals surface area contributed by atoms with Gasteiger partial charge in [-0.15, -0.1) is 11.8 Å². The minimum atomic E-state index is -3.65. The molecule has 1 fully saturated rings. The lowest BCUT2D eigenvalue weighted by Crippen LogP contribution is -2.42. The summed E-state index contributed by atoms with van der Waals surface area (Å²) in [5.41, 5.74) is 1.06. The molecule has 8 heteroatoms. The van der Waals surface area contributed by atoms with E-state index in [1.165, 1.54) is 28.6 Å². The highest BCUT2D eigenvalue weighted by molar-refractivity contribution is 7.99. The molecule has 2 aromatic rings. The lowest BCUT2D eigenvalue weighted by Gasteiger charge is -2.32. The van der Waals surface area contributed by atoms with Crippen molar-refractivity contribution < 1.29 is 17.6 Å². The summed E-state index contributed by atoms with van der Waals surface area (Å²) >= 11 is 1.64. The van der Waals surface area contributed by atoms with Gasteiger partial charge in [0.05, 0.1) is 10.9 Å². The van der Waals surface area contributed by atoms with Gasteiger partial charge in [-0.1, -0.05) is 12.5 Å². The molecule has 0 saturated carbocycles. The molecule has 2 aliphatic rings. The van der Waals surface area contributed by atoms with E-state index in [9.17, 15) is 17.6 Å². The van der Waals surface area contributed by atoms with E-state index in [1.54, 1.807) is 30.0 Å². The fourth-order valence-corrected chi connectivity index (χ4v) is 6.97. The highest BCUT2D eigenvalue weighted by Crippen LogP contribution is 2.36. The molecule has 30 heavy (non-hydrogen) atoms. The molecule has 5 nitrogen and oxygen atoms in total. The first-order valence-corrected chi connectivity index (χ1v) is 12.6. The van der Waals surface area contributed by atoms with E-state index in [0.29, 0.717) is 13.0 Å². The Kier molecular flexibility index (Phi) is 6.18. The van der Waals surface area contributed by atoms with Crippen molar-refractivity contribution in [3.63, 3.8) is 0 Å². The lowest BCUT2D eigenvalue weighted by molar-refractivity contribution is 0.0934. The van der Waals surface area contributed by atoms with Crippen LogP contribution in [-0.4, -0.2) is 37.0 Å². The molecule has 0 bridgehead atoms. The minimum Gasteiger partial charge on any atom is -0.345 e. The average molecular weight is 449 g/mol. The van der Waals surface area contributed by atoms with Gasteiger partial charge in [-0.2, -0.15) is 4.31 Å². The molecular weight excluding hydrogens is 423 g/mol. The van der Waals surface area contributed by atoms with Gasteiger partial charge in [-0.3, -0.25) is 4.79 Å². The first-order chi connectivity index (χ1) is 14.4. The molecule has 1 amide bonds. The number of carbonyl (C=O) groups excluding carboxylic acids is 1. The van der Waals surface area contributed by atoms with Crippen LogP contribution in [0.3, 0.4) is 0 Å². The molecule has 4 rings (SSSR count). The van der Waals surface area contributed by atoms with Crippen LogP contribution in [0.4, 0.5) is 4.39 Å². The van der Waals surface area contributed by atoms with Crippen LogP contribution in [0.1, 0.15) is 54.6 Å². The fourth-order valence-electron chi connectivity index (χ4n) is 4.12. The summed E-state index contributed by atoms with van der Waals surface area (Å²) in [6.07, 6.45) is 3.40. The molecule has 2 aliphatic heterocycles. The Bertz CT molecular complexity index is 1060. The Balaban J connectivity index is 1.56. The number of hydrogen-bond acceptors (Lipinski definition) is 4. The lowest BCUT2D eigenvalue weighted by atomic mass is 10.0. The van der Waals surface area contributed by atoms with Gasteiger partial charge in [0.1, 0.15) is 5.82 Å².